The summed E-state index contributed by atoms with van der Waals surface area (Å²) in [6.45, 7) is 3.80. The number of rotatable bonds is 3. The van der Waals surface area contributed by atoms with Crippen LogP contribution in [0.4, 0.5) is 18.9 Å². The summed E-state index contributed by atoms with van der Waals surface area (Å²) in [6, 6.07) is 1.64. The maximum absolute atomic E-state index is 13.7. The molecule has 0 spiro atoms. The summed E-state index contributed by atoms with van der Waals surface area (Å²) in [5.74, 6) is -5.23. The predicted octanol–water partition coefficient (Wildman–Crippen LogP) is 3.46. The molecular weight excluding hydrogens is 355 g/mol. The van der Waals surface area contributed by atoms with E-state index in [1.54, 1.807) is 13.8 Å². The van der Waals surface area contributed by atoms with E-state index in [4.69, 9.17) is 0 Å². The predicted molar refractivity (Wildman–Crippen MR) is 88.6 cm³/mol. The third kappa shape index (κ3) is 2.80. The SMILES string of the molecule is CCn1cnc2sc(C(=O)Nc3ccc(F)c(F)c3F)c(C)c2c1=O. The van der Waals surface area contributed by atoms with E-state index in [1.807, 2.05) is 0 Å². The minimum Gasteiger partial charge on any atom is -0.319 e. The summed E-state index contributed by atoms with van der Waals surface area (Å²) < 4.78 is 41.4. The average Bonchev–Trinajstić information content (AvgIpc) is 2.93. The highest BCUT2D eigenvalue weighted by Gasteiger charge is 2.21. The lowest BCUT2D eigenvalue weighted by molar-refractivity contribution is 0.102. The number of hydrogen-bond acceptors (Lipinski definition) is 4. The molecule has 0 radical (unpaired) electrons. The van der Waals surface area contributed by atoms with Crippen LogP contribution in [-0.4, -0.2) is 15.5 Å². The van der Waals surface area contributed by atoms with Crippen LogP contribution in [0.5, 0.6) is 0 Å². The summed E-state index contributed by atoms with van der Waals surface area (Å²) in [5, 5.41) is 2.51. The van der Waals surface area contributed by atoms with Crippen LogP contribution in [0, 0.1) is 24.4 Å². The van der Waals surface area contributed by atoms with Crippen LogP contribution in [0.25, 0.3) is 10.2 Å². The number of nitrogens with zero attached hydrogens (tertiary/aromatic N) is 2. The number of aromatic nitrogens is 2. The van der Waals surface area contributed by atoms with E-state index in [9.17, 15) is 22.8 Å². The Bertz CT molecular complexity index is 1060. The Balaban J connectivity index is 2.04. The van der Waals surface area contributed by atoms with Gasteiger partial charge in [-0.15, -0.1) is 11.3 Å². The van der Waals surface area contributed by atoms with Gasteiger partial charge in [-0.3, -0.25) is 14.2 Å². The number of carbonyl (C=O) groups is 1. The molecule has 3 aromatic rings. The van der Waals surface area contributed by atoms with E-state index in [2.05, 4.69) is 10.3 Å². The zero-order valence-electron chi connectivity index (χ0n) is 13.2. The molecule has 5 nitrogen and oxygen atoms in total. The molecule has 3 rings (SSSR count). The Hall–Kier alpha value is -2.68. The van der Waals surface area contributed by atoms with Gasteiger partial charge in [0, 0.05) is 6.54 Å². The summed E-state index contributed by atoms with van der Waals surface area (Å²) in [4.78, 5) is 29.4. The number of amides is 1. The summed E-state index contributed by atoms with van der Waals surface area (Å²) in [5.41, 5.74) is -0.361. The van der Waals surface area contributed by atoms with Crippen LogP contribution >= 0.6 is 11.3 Å². The fourth-order valence-electron chi connectivity index (χ4n) is 2.40. The van der Waals surface area contributed by atoms with E-state index in [-0.39, 0.29) is 10.4 Å². The number of thiophene rings is 1. The van der Waals surface area contributed by atoms with Crippen molar-refractivity contribution in [2.24, 2.45) is 0 Å². The molecule has 2 heterocycles. The smallest absolute Gasteiger partial charge is 0.266 e. The molecule has 0 unspecified atom stereocenters. The molecule has 0 atom stereocenters. The summed E-state index contributed by atoms with van der Waals surface area (Å²) in [6.07, 6.45) is 1.39. The molecule has 0 bridgehead atoms. The maximum Gasteiger partial charge on any atom is 0.266 e. The normalized spacial score (nSPS) is 11.1. The van der Waals surface area contributed by atoms with Crippen molar-refractivity contribution in [2.75, 3.05) is 5.32 Å². The van der Waals surface area contributed by atoms with Gasteiger partial charge in [-0.1, -0.05) is 0 Å². The second-order valence-corrected chi connectivity index (χ2v) is 6.25. The largest absolute Gasteiger partial charge is 0.319 e. The highest BCUT2D eigenvalue weighted by atomic mass is 32.1. The van der Waals surface area contributed by atoms with Crippen molar-refractivity contribution in [2.45, 2.75) is 20.4 Å². The highest BCUT2D eigenvalue weighted by molar-refractivity contribution is 7.20. The Labute approximate surface area is 143 Å². The second-order valence-electron chi connectivity index (χ2n) is 5.25. The van der Waals surface area contributed by atoms with E-state index in [1.165, 1.54) is 10.9 Å². The van der Waals surface area contributed by atoms with Crippen LogP contribution < -0.4 is 10.9 Å². The molecule has 0 saturated carbocycles. The van der Waals surface area contributed by atoms with E-state index in [0.717, 1.165) is 17.4 Å². The van der Waals surface area contributed by atoms with Crippen LogP contribution in [0.2, 0.25) is 0 Å². The molecule has 0 saturated heterocycles. The number of anilines is 1. The molecule has 0 aliphatic heterocycles. The lowest BCUT2D eigenvalue weighted by Crippen LogP contribution is -2.19. The van der Waals surface area contributed by atoms with Gasteiger partial charge in [-0.25, -0.2) is 18.2 Å². The third-order valence-electron chi connectivity index (χ3n) is 3.75. The molecule has 25 heavy (non-hydrogen) atoms. The lowest BCUT2D eigenvalue weighted by Gasteiger charge is -2.06. The van der Waals surface area contributed by atoms with Gasteiger partial charge in [-0.05, 0) is 31.5 Å². The molecule has 1 amide bonds. The highest BCUT2D eigenvalue weighted by Crippen LogP contribution is 2.28. The fraction of sp³-hybridized carbons (Fsp3) is 0.188. The Kier molecular flexibility index (Phi) is 4.34. The van der Waals surface area contributed by atoms with Gasteiger partial charge in [0.25, 0.3) is 11.5 Å². The second kappa shape index (κ2) is 6.32. The van der Waals surface area contributed by atoms with Gasteiger partial charge in [0.15, 0.2) is 17.5 Å². The molecule has 2 aromatic heterocycles. The van der Waals surface area contributed by atoms with Crippen LogP contribution in [0.1, 0.15) is 22.2 Å². The van der Waals surface area contributed by atoms with E-state index >= 15 is 0 Å². The first-order valence-electron chi connectivity index (χ1n) is 7.28. The standard InChI is InChI=1S/C16H12F3N3O2S/c1-3-22-6-20-15-10(16(22)24)7(2)13(25-15)14(23)21-9-5-4-8(17)11(18)12(9)19/h4-6H,3H2,1-2H3,(H,21,23). The van der Waals surface area contributed by atoms with Crippen LogP contribution in [0.3, 0.4) is 0 Å². The monoisotopic (exact) mass is 367 g/mol. The Morgan fingerprint density at radius 3 is 2.68 bits per heavy atom. The van der Waals surface area contributed by atoms with E-state index < -0.39 is 29.0 Å². The molecule has 1 N–H and O–H groups in total. The lowest BCUT2D eigenvalue weighted by atomic mass is 10.2. The topological polar surface area (TPSA) is 64.0 Å². The van der Waals surface area contributed by atoms with E-state index in [0.29, 0.717) is 28.4 Å². The first-order chi connectivity index (χ1) is 11.8. The average molecular weight is 367 g/mol. The van der Waals surface area contributed by atoms with Crippen molar-refractivity contribution in [3.8, 4) is 0 Å². The molecule has 1 aromatic carbocycles. The number of carbonyl (C=O) groups excluding carboxylic acids is 1. The minimum absolute atomic E-state index is 0.151. The molecule has 130 valence electrons. The van der Waals surface area contributed by atoms with Crippen LogP contribution in [-0.2, 0) is 6.54 Å². The summed E-state index contributed by atoms with van der Waals surface area (Å²) in [7, 11) is 0. The summed E-state index contributed by atoms with van der Waals surface area (Å²) >= 11 is 0.971. The number of benzene rings is 1. The molecule has 0 fully saturated rings. The number of fused-ring (bicyclic) bond motifs is 1. The van der Waals surface area contributed by atoms with Gasteiger partial charge in [0.1, 0.15) is 4.83 Å². The zero-order chi connectivity index (χ0) is 18.3. The van der Waals surface area contributed by atoms with Crippen molar-refractivity contribution in [3.63, 3.8) is 0 Å². The molecule has 0 aliphatic rings. The molecule has 9 heteroatoms. The van der Waals surface area contributed by atoms with Gasteiger partial charge in [0.2, 0.25) is 0 Å². The van der Waals surface area contributed by atoms with Gasteiger partial charge in [-0.2, -0.15) is 0 Å². The first-order valence-corrected chi connectivity index (χ1v) is 8.10. The number of aryl methyl sites for hydroxylation is 2. The Morgan fingerprint density at radius 2 is 2.00 bits per heavy atom. The van der Waals surface area contributed by atoms with Crippen molar-refractivity contribution in [1.29, 1.82) is 0 Å². The van der Waals surface area contributed by atoms with Crippen LogP contribution in [0.15, 0.2) is 23.3 Å². The number of nitrogens with one attached hydrogen (secondary N) is 1. The molecular formula is C16H12F3N3O2S. The van der Waals surface area contributed by atoms with Crippen molar-refractivity contribution < 1.29 is 18.0 Å². The maximum atomic E-state index is 13.7. The van der Waals surface area contributed by atoms with Gasteiger partial charge in [0.05, 0.1) is 22.3 Å². The quantitative estimate of drug-likeness (QED) is 0.721. The van der Waals surface area contributed by atoms with Crippen molar-refractivity contribution in [1.82, 2.24) is 9.55 Å². The third-order valence-corrected chi connectivity index (χ3v) is 4.95. The zero-order valence-corrected chi connectivity index (χ0v) is 14.0. The van der Waals surface area contributed by atoms with Gasteiger partial charge >= 0.3 is 0 Å². The Morgan fingerprint density at radius 1 is 1.28 bits per heavy atom. The van der Waals surface area contributed by atoms with Gasteiger partial charge < -0.3 is 5.32 Å². The fourth-order valence-corrected chi connectivity index (χ4v) is 3.44. The van der Waals surface area contributed by atoms with Crippen molar-refractivity contribution in [3.05, 3.63) is 56.7 Å². The van der Waals surface area contributed by atoms with Crippen molar-refractivity contribution >= 4 is 33.1 Å². The first kappa shape index (κ1) is 17.2. The molecule has 0 aliphatic carbocycles. The number of halogens is 3. The number of hydrogen-bond donors (Lipinski definition) is 1. The minimum atomic E-state index is -1.67.